The number of hydrogen-bond donors (Lipinski definition) is 2. The summed E-state index contributed by atoms with van der Waals surface area (Å²) < 4.78 is 36.2. The average Bonchev–Trinajstić information content (AvgIpc) is 2.06. The first-order chi connectivity index (χ1) is 6.81. The van der Waals surface area contributed by atoms with Crippen LogP contribution in [0, 0.1) is 6.92 Å². The number of alkyl halides is 3. The van der Waals surface area contributed by atoms with Crippen molar-refractivity contribution in [2.24, 2.45) is 5.73 Å². The van der Waals surface area contributed by atoms with Crippen LogP contribution >= 0.6 is 0 Å². The van der Waals surface area contributed by atoms with Gasteiger partial charge >= 0.3 is 6.18 Å². The Labute approximate surface area is 85.5 Å². The molecule has 15 heavy (non-hydrogen) atoms. The number of phenolic OH excluding ortho intramolecular Hbond substituents is 1. The molecule has 0 radical (unpaired) electrons. The molecular formula is C10H12F3NO. The molecule has 84 valence electrons. The van der Waals surface area contributed by atoms with E-state index in [0.29, 0.717) is 5.56 Å². The van der Waals surface area contributed by atoms with Crippen LogP contribution in [0.3, 0.4) is 0 Å². The highest BCUT2D eigenvalue weighted by atomic mass is 19.4. The summed E-state index contributed by atoms with van der Waals surface area (Å²) in [5.41, 5.74) is 6.02. The Kier molecular flexibility index (Phi) is 3.24. The molecule has 5 heteroatoms. The number of benzene rings is 1. The van der Waals surface area contributed by atoms with Crippen LogP contribution < -0.4 is 5.73 Å². The number of hydrogen-bond acceptors (Lipinski definition) is 2. The quantitative estimate of drug-likeness (QED) is 0.803. The first-order valence-corrected chi connectivity index (χ1v) is 4.42. The van der Waals surface area contributed by atoms with Gasteiger partial charge in [0.2, 0.25) is 0 Å². The number of aryl methyl sites for hydroxylation is 1. The van der Waals surface area contributed by atoms with Crippen LogP contribution in [-0.2, 0) is 0 Å². The Morgan fingerprint density at radius 3 is 2.53 bits per heavy atom. The Morgan fingerprint density at radius 2 is 2.00 bits per heavy atom. The number of para-hydroxylation sites is 1. The zero-order valence-corrected chi connectivity index (χ0v) is 8.17. The predicted octanol–water partition coefficient (Wildman–Crippen LogP) is 2.65. The van der Waals surface area contributed by atoms with E-state index in [1.165, 1.54) is 6.07 Å². The second kappa shape index (κ2) is 4.10. The molecule has 1 atom stereocenters. The third-order valence-corrected chi connectivity index (χ3v) is 2.12. The predicted molar refractivity (Wildman–Crippen MR) is 50.4 cm³/mol. The van der Waals surface area contributed by atoms with Crippen LogP contribution in [-0.4, -0.2) is 11.3 Å². The Morgan fingerprint density at radius 1 is 1.40 bits per heavy atom. The van der Waals surface area contributed by atoms with Crippen molar-refractivity contribution < 1.29 is 18.3 Å². The number of aromatic hydroxyl groups is 1. The molecule has 0 heterocycles. The molecule has 0 unspecified atom stereocenters. The van der Waals surface area contributed by atoms with Crippen molar-refractivity contribution in [3.63, 3.8) is 0 Å². The standard InChI is InChI=1S/C10H12F3NO/c1-6-3-2-4-7(9(6)15)8(14)5-10(11,12)13/h2-4,8,15H,5,14H2,1H3/t8-/m1/s1. The lowest BCUT2D eigenvalue weighted by Gasteiger charge is -2.16. The minimum absolute atomic E-state index is 0.132. The molecule has 1 aromatic carbocycles. The van der Waals surface area contributed by atoms with Crippen LogP contribution in [0.4, 0.5) is 13.2 Å². The third kappa shape index (κ3) is 3.13. The molecule has 0 aromatic heterocycles. The van der Waals surface area contributed by atoms with Crippen molar-refractivity contribution in [1.82, 2.24) is 0 Å². The van der Waals surface area contributed by atoms with Gasteiger partial charge in [-0.3, -0.25) is 0 Å². The van der Waals surface area contributed by atoms with Crippen LogP contribution in [0.25, 0.3) is 0 Å². The lowest BCUT2D eigenvalue weighted by molar-refractivity contribution is -0.138. The van der Waals surface area contributed by atoms with Crippen molar-refractivity contribution in [3.05, 3.63) is 29.3 Å². The maximum Gasteiger partial charge on any atom is 0.390 e. The first kappa shape index (κ1) is 11.8. The summed E-state index contributed by atoms with van der Waals surface area (Å²) >= 11 is 0. The molecule has 0 aliphatic carbocycles. The maximum atomic E-state index is 12.1. The number of halogens is 3. The number of phenols is 1. The smallest absolute Gasteiger partial charge is 0.390 e. The van der Waals surface area contributed by atoms with Crippen molar-refractivity contribution >= 4 is 0 Å². The minimum Gasteiger partial charge on any atom is -0.507 e. The first-order valence-electron chi connectivity index (χ1n) is 4.42. The van der Waals surface area contributed by atoms with Crippen molar-refractivity contribution in [2.75, 3.05) is 0 Å². The lowest BCUT2D eigenvalue weighted by atomic mass is 10.0. The monoisotopic (exact) mass is 219 g/mol. The summed E-state index contributed by atoms with van der Waals surface area (Å²) in [7, 11) is 0. The zero-order chi connectivity index (χ0) is 11.6. The topological polar surface area (TPSA) is 46.2 Å². The number of rotatable bonds is 2. The van der Waals surface area contributed by atoms with Gasteiger partial charge in [-0.25, -0.2) is 0 Å². The lowest BCUT2D eigenvalue weighted by Crippen LogP contribution is -2.20. The molecule has 0 spiro atoms. The Balaban J connectivity index is 2.92. The van der Waals surface area contributed by atoms with E-state index in [1.54, 1.807) is 19.1 Å². The van der Waals surface area contributed by atoms with E-state index in [2.05, 4.69) is 0 Å². The fourth-order valence-corrected chi connectivity index (χ4v) is 1.34. The van der Waals surface area contributed by atoms with E-state index in [9.17, 15) is 18.3 Å². The normalized spacial score (nSPS) is 13.9. The molecule has 0 amide bonds. The van der Waals surface area contributed by atoms with E-state index in [4.69, 9.17) is 5.73 Å². The highest BCUT2D eigenvalue weighted by Gasteiger charge is 2.31. The van der Waals surface area contributed by atoms with Gasteiger partial charge in [0.1, 0.15) is 5.75 Å². The molecule has 0 saturated heterocycles. The van der Waals surface area contributed by atoms with E-state index < -0.39 is 18.6 Å². The second-order valence-electron chi connectivity index (χ2n) is 3.44. The van der Waals surface area contributed by atoms with Crippen LogP contribution in [0.5, 0.6) is 5.75 Å². The summed E-state index contributed by atoms with van der Waals surface area (Å²) in [6, 6.07) is 3.36. The summed E-state index contributed by atoms with van der Waals surface area (Å²) in [5.74, 6) is -0.158. The fraction of sp³-hybridized carbons (Fsp3) is 0.400. The zero-order valence-electron chi connectivity index (χ0n) is 8.17. The van der Waals surface area contributed by atoms with Gasteiger partial charge in [-0.2, -0.15) is 13.2 Å². The van der Waals surface area contributed by atoms with Crippen molar-refractivity contribution in [2.45, 2.75) is 25.6 Å². The van der Waals surface area contributed by atoms with Gasteiger partial charge in [-0.1, -0.05) is 18.2 Å². The summed E-state index contributed by atoms with van der Waals surface area (Å²) in [6.07, 6.45) is -5.46. The van der Waals surface area contributed by atoms with Gasteiger partial charge in [-0.05, 0) is 12.5 Å². The van der Waals surface area contributed by atoms with E-state index in [-0.39, 0.29) is 11.3 Å². The third-order valence-electron chi connectivity index (χ3n) is 2.12. The Bertz CT molecular complexity index is 349. The molecule has 3 N–H and O–H groups in total. The maximum absolute atomic E-state index is 12.1. The van der Waals surface area contributed by atoms with Gasteiger partial charge in [0.15, 0.2) is 0 Å². The van der Waals surface area contributed by atoms with E-state index in [1.807, 2.05) is 0 Å². The molecule has 1 aromatic rings. The highest BCUT2D eigenvalue weighted by Crippen LogP contribution is 2.33. The van der Waals surface area contributed by atoms with Gasteiger partial charge in [-0.15, -0.1) is 0 Å². The van der Waals surface area contributed by atoms with Gasteiger partial charge in [0.05, 0.1) is 6.42 Å². The largest absolute Gasteiger partial charge is 0.507 e. The van der Waals surface area contributed by atoms with Gasteiger partial charge in [0, 0.05) is 11.6 Å². The van der Waals surface area contributed by atoms with Gasteiger partial charge < -0.3 is 10.8 Å². The van der Waals surface area contributed by atoms with E-state index in [0.717, 1.165) is 0 Å². The molecule has 0 saturated carbocycles. The average molecular weight is 219 g/mol. The van der Waals surface area contributed by atoms with Crippen LogP contribution in [0.2, 0.25) is 0 Å². The molecule has 0 fully saturated rings. The molecule has 0 aliphatic heterocycles. The molecule has 2 nitrogen and oxygen atoms in total. The van der Waals surface area contributed by atoms with Crippen LogP contribution in [0.1, 0.15) is 23.6 Å². The highest BCUT2D eigenvalue weighted by molar-refractivity contribution is 5.41. The molecule has 0 bridgehead atoms. The summed E-state index contributed by atoms with van der Waals surface area (Å²) in [6.45, 7) is 1.61. The van der Waals surface area contributed by atoms with E-state index >= 15 is 0 Å². The Hall–Kier alpha value is -1.23. The summed E-state index contributed by atoms with van der Waals surface area (Å²) in [5, 5.41) is 9.52. The number of nitrogens with two attached hydrogens (primary N) is 1. The van der Waals surface area contributed by atoms with Crippen molar-refractivity contribution in [3.8, 4) is 5.75 Å². The van der Waals surface area contributed by atoms with Crippen LogP contribution in [0.15, 0.2) is 18.2 Å². The molecular weight excluding hydrogens is 207 g/mol. The fourth-order valence-electron chi connectivity index (χ4n) is 1.34. The molecule has 0 aliphatic rings. The second-order valence-corrected chi connectivity index (χ2v) is 3.44. The molecule has 1 rings (SSSR count). The van der Waals surface area contributed by atoms with Crippen molar-refractivity contribution in [1.29, 1.82) is 0 Å². The summed E-state index contributed by atoms with van der Waals surface area (Å²) in [4.78, 5) is 0. The SMILES string of the molecule is Cc1cccc([C@H](N)CC(F)(F)F)c1O. The van der Waals surface area contributed by atoms with Gasteiger partial charge in [0.25, 0.3) is 0 Å². The minimum atomic E-state index is -4.32.